The van der Waals surface area contributed by atoms with Gasteiger partial charge in [0.05, 0.1) is 0 Å². The second kappa shape index (κ2) is 8.58. The number of halogens is 5. The molecule has 2 N–H and O–H groups in total. The third-order valence-electron chi connectivity index (χ3n) is 5.94. The molecule has 0 unspecified atom stereocenters. The lowest BCUT2D eigenvalue weighted by Gasteiger charge is -2.15. The smallest absolute Gasteiger partial charge is 0.351 e. The summed E-state index contributed by atoms with van der Waals surface area (Å²) in [4.78, 5) is 27.2. The van der Waals surface area contributed by atoms with Gasteiger partial charge in [0.2, 0.25) is 23.6 Å². The number of alkyl halides is 5. The van der Waals surface area contributed by atoms with Crippen LogP contribution >= 0.6 is 0 Å². The Kier molecular flexibility index (Phi) is 5.65. The van der Waals surface area contributed by atoms with Gasteiger partial charge < -0.3 is 15.5 Å². The number of pyridine rings is 1. The Morgan fingerprint density at radius 3 is 2.39 bits per heavy atom. The van der Waals surface area contributed by atoms with E-state index in [0.29, 0.717) is 24.2 Å². The number of rotatable bonds is 6. The molecule has 0 aliphatic heterocycles. The number of anilines is 3. The standard InChI is InChI=1S/C22H18F5N9/c1-28-20(6-7-20)15-10-12(3-8-29-15)31-18-34-16(14-4-9-30-17(33-14)22(25,26)27)35-19(36-18)32-13-2-5-21(23,24)11-13/h3-4,8-10,13H,2,5-7,11H2,(H2,29,31,32,34,35,36)/t13-/m0/s1. The highest BCUT2D eigenvalue weighted by Crippen LogP contribution is 2.49. The Labute approximate surface area is 201 Å². The van der Waals surface area contributed by atoms with Crippen molar-refractivity contribution >= 4 is 17.6 Å². The van der Waals surface area contributed by atoms with Crippen molar-refractivity contribution < 1.29 is 22.0 Å². The van der Waals surface area contributed by atoms with Gasteiger partial charge in [-0.05, 0) is 24.6 Å². The van der Waals surface area contributed by atoms with Crippen molar-refractivity contribution in [3.05, 3.63) is 53.5 Å². The first-order valence-corrected chi connectivity index (χ1v) is 11.0. The fraction of sp³-hybridized carbons (Fsp3) is 0.409. The molecule has 186 valence electrons. The van der Waals surface area contributed by atoms with E-state index in [4.69, 9.17) is 6.57 Å². The average molecular weight is 503 g/mol. The predicted molar refractivity (Wildman–Crippen MR) is 117 cm³/mol. The molecule has 2 fully saturated rings. The molecule has 9 nitrogen and oxygen atoms in total. The van der Waals surface area contributed by atoms with Crippen LogP contribution in [0.25, 0.3) is 16.4 Å². The largest absolute Gasteiger partial charge is 0.451 e. The van der Waals surface area contributed by atoms with Gasteiger partial charge in [-0.1, -0.05) is 0 Å². The maximum atomic E-state index is 13.7. The van der Waals surface area contributed by atoms with E-state index < -0.39 is 35.9 Å². The van der Waals surface area contributed by atoms with Crippen molar-refractivity contribution in [1.29, 1.82) is 0 Å². The summed E-state index contributed by atoms with van der Waals surface area (Å²) in [5.74, 6) is -4.54. The summed E-state index contributed by atoms with van der Waals surface area (Å²) >= 11 is 0. The molecule has 3 heterocycles. The van der Waals surface area contributed by atoms with E-state index in [1.165, 1.54) is 12.3 Å². The van der Waals surface area contributed by atoms with Gasteiger partial charge in [0.1, 0.15) is 11.4 Å². The molecule has 0 bridgehead atoms. The Hall–Kier alpha value is -4.02. The molecule has 14 heteroatoms. The van der Waals surface area contributed by atoms with E-state index in [1.807, 2.05) is 0 Å². The number of hydrogen-bond donors (Lipinski definition) is 2. The molecule has 2 aliphatic carbocycles. The quantitative estimate of drug-likeness (QED) is 0.358. The first-order chi connectivity index (χ1) is 17.1. The summed E-state index contributed by atoms with van der Waals surface area (Å²) in [5, 5.41) is 5.78. The van der Waals surface area contributed by atoms with Gasteiger partial charge in [-0.25, -0.2) is 25.3 Å². The zero-order chi connectivity index (χ0) is 25.6. The van der Waals surface area contributed by atoms with Crippen molar-refractivity contribution in [2.24, 2.45) is 0 Å². The van der Waals surface area contributed by atoms with Crippen LogP contribution in [0.3, 0.4) is 0 Å². The lowest BCUT2D eigenvalue weighted by atomic mass is 10.1. The molecule has 2 saturated carbocycles. The monoisotopic (exact) mass is 503 g/mol. The SMILES string of the molecule is [C-]#[N+]C1(c2cc(Nc3nc(N[C@H]4CCC(F)(F)C4)nc(-c4ccnc(C(F)(F)F)n4)n3)ccn2)CC1. The average Bonchev–Trinajstić information content (AvgIpc) is 3.56. The maximum absolute atomic E-state index is 13.7. The molecule has 0 spiro atoms. The van der Waals surface area contributed by atoms with Crippen LogP contribution in [0.15, 0.2) is 30.6 Å². The topological polar surface area (TPSA) is 106 Å². The van der Waals surface area contributed by atoms with E-state index in [1.54, 1.807) is 12.1 Å². The molecular weight excluding hydrogens is 485 g/mol. The minimum atomic E-state index is -4.78. The van der Waals surface area contributed by atoms with Crippen molar-refractivity contribution in [3.8, 4) is 11.5 Å². The van der Waals surface area contributed by atoms with Crippen molar-refractivity contribution in [2.75, 3.05) is 10.6 Å². The summed E-state index contributed by atoms with van der Waals surface area (Å²) in [6, 6.07) is 3.87. The maximum Gasteiger partial charge on any atom is 0.451 e. The van der Waals surface area contributed by atoms with Gasteiger partial charge >= 0.3 is 6.18 Å². The summed E-state index contributed by atoms with van der Waals surface area (Å²) in [7, 11) is 0. The van der Waals surface area contributed by atoms with Crippen LogP contribution in [0.5, 0.6) is 0 Å². The summed E-state index contributed by atoms with van der Waals surface area (Å²) in [6.45, 7) is 7.42. The Morgan fingerprint density at radius 1 is 0.972 bits per heavy atom. The zero-order valence-electron chi connectivity index (χ0n) is 18.5. The first-order valence-electron chi connectivity index (χ1n) is 11.0. The molecule has 3 aromatic heterocycles. The second-order valence-corrected chi connectivity index (χ2v) is 8.71. The van der Waals surface area contributed by atoms with Crippen LogP contribution in [0.4, 0.5) is 39.5 Å². The molecule has 5 rings (SSSR count). The Balaban J connectivity index is 1.49. The molecule has 2 aliphatic rings. The summed E-state index contributed by atoms with van der Waals surface area (Å²) in [6.07, 6.45) is -1.49. The van der Waals surface area contributed by atoms with E-state index in [-0.39, 0.29) is 36.3 Å². The molecule has 0 radical (unpaired) electrons. The van der Waals surface area contributed by atoms with Gasteiger partial charge in [0, 0.05) is 49.8 Å². The fourth-order valence-corrected chi connectivity index (χ4v) is 3.92. The van der Waals surface area contributed by atoms with Crippen molar-refractivity contribution in [2.45, 2.75) is 55.8 Å². The van der Waals surface area contributed by atoms with Gasteiger partial charge in [-0.15, -0.1) is 0 Å². The molecule has 3 aromatic rings. The highest BCUT2D eigenvalue weighted by Gasteiger charge is 2.54. The highest BCUT2D eigenvalue weighted by atomic mass is 19.4. The van der Waals surface area contributed by atoms with Gasteiger partial charge in [-0.3, -0.25) is 4.98 Å². The molecular formula is C22H18F5N9. The van der Waals surface area contributed by atoms with Crippen LogP contribution in [0.2, 0.25) is 0 Å². The Morgan fingerprint density at radius 2 is 1.72 bits per heavy atom. The molecule has 0 aromatic carbocycles. The van der Waals surface area contributed by atoms with Gasteiger partial charge in [-0.2, -0.15) is 28.1 Å². The summed E-state index contributed by atoms with van der Waals surface area (Å²) in [5.41, 5.74) is 0.193. The lowest BCUT2D eigenvalue weighted by Crippen LogP contribution is -2.21. The van der Waals surface area contributed by atoms with Crippen LogP contribution in [-0.4, -0.2) is 41.9 Å². The number of nitrogens with zero attached hydrogens (tertiary/aromatic N) is 7. The number of aromatic nitrogens is 6. The molecule has 36 heavy (non-hydrogen) atoms. The Bertz CT molecular complexity index is 1330. The predicted octanol–water partition coefficient (Wildman–Crippen LogP) is 4.99. The molecule has 0 amide bonds. The minimum absolute atomic E-state index is 0.0516. The highest BCUT2D eigenvalue weighted by molar-refractivity contribution is 5.59. The van der Waals surface area contributed by atoms with Gasteiger partial charge in [0.15, 0.2) is 5.82 Å². The van der Waals surface area contributed by atoms with E-state index in [9.17, 15) is 22.0 Å². The van der Waals surface area contributed by atoms with Crippen LogP contribution in [0, 0.1) is 6.57 Å². The number of hydrogen-bond acceptors (Lipinski definition) is 8. The molecule has 0 saturated heterocycles. The lowest BCUT2D eigenvalue weighted by molar-refractivity contribution is -0.144. The minimum Gasteiger partial charge on any atom is -0.351 e. The molecule has 1 atom stereocenters. The third kappa shape index (κ3) is 5.00. The third-order valence-corrected chi connectivity index (χ3v) is 5.94. The van der Waals surface area contributed by atoms with E-state index >= 15 is 0 Å². The first kappa shape index (κ1) is 23.7. The van der Waals surface area contributed by atoms with Crippen molar-refractivity contribution in [3.63, 3.8) is 0 Å². The normalized spacial score (nSPS) is 19.9. The summed E-state index contributed by atoms with van der Waals surface area (Å²) < 4.78 is 66.8. The fourth-order valence-electron chi connectivity index (χ4n) is 3.92. The van der Waals surface area contributed by atoms with E-state index in [0.717, 1.165) is 6.20 Å². The van der Waals surface area contributed by atoms with Crippen molar-refractivity contribution in [1.82, 2.24) is 29.9 Å². The van der Waals surface area contributed by atoms with Crippen LogP contribution < -0.4 is 10.6 Å². The second-order valence-electron chi connectivity index (χ2n) is 8.71. The zero-order valence-corrected chi connectivity index (χ0v) is 18.5. The van der Waals surface area contributed by atoms with Crippen LogP contribution in [-0.2, 0) is 11.7 Å². The van der Waals surface area contributed by atoms with Gasteiger partial charge in [0.25, 0.3) is 5.54 Å². The van der Waals surface area contributed by atoms with E-state index in [2.05, 4.69) is 45.4 Å². The number of nitrogens with one attached hydrogen (secondary N) is 2. The van der Waals surface area contributed by atoms with Crippen LogP contribution in [0.1, 0.15) is 43.6 Å².